The first-order valence-electron chi connectivity index (χ1n) is 12.3. The average Bonchev–Trinajstić information content (AvgIpc) is 3.36. The monoisotopic (exact) mass is 647 g/mol. The number of benzene rings is 3. The molecule has 0 aliphatic rings. The highest BCUT2D eigenvalue weighted by Gasteiger charge is 2.25. The molecule has 4 aromatic rings. The van der Waals surface area contributed by atoms with Crippen LogP contribution < -0.4 is 17.0 Å². The van der Waals surface area contributed by atoms with Gasteiger partial charge in [0.05, 0.1) is 16.7 Å². The molecule has 1 heterocycles. The van der Waals surface area contributed by atoms with Crippen LogP contribution in [-0.2, 0) is 10.0 Å². The van der Waals surface area contributed by atoms with Crippen molar-refractivity contribution in [3.63, 3.8) is 0 Å². The van der Waals surface area contributed by atoms with Gasteiger partial charge in [-0.1, -0.05) is 79.7 Å². The largest absolute Gasteiger partial charge is 1.00 e. The van der Waals surface area contributed by atoms with Crippen LogP contribution in [0.1, 0.15) is 42.7 Å². The van der Waals surface area contributed by atoms with Gasteiger partial charge in [-0.25, -0.2) is 8.42 Å². The van der Waals surface area contributed by atoms with E-state index in [4.69, 9.17) is 11.6 Å². The molecule has 1 aromatic heterocycles. The molecule has 206 valence electrons. The predicted molar refractivity (Wildman–Crippen MR) is 152 cm³/mol. The first-order chi connectivity index (χ1) is 18.3. The highest BCUT2D eigenvalue weighted by Crippen LogP contribution is 2.32. The van der Waals surface area contributed by atoms with Gasteiger partial charge in [0.2, 0.25) is 10.0 Å². The molecule has 3 aromatic carbocycles. The first kappa shape index (κ1) is 31.0. The van der Waals surface area contributed by atoms with E-state index in [0.29, 0.717) is 40.2 Å². The molecule has 0 aliphatic heterocycles. The quantitative estimate of drug-likeness (QED) is 0.184. The second-order valence-electron chi connectivity index (χ2n) is 8.60. The summed E-state index contributed by atoms with van der Waals surface area (Å²) in [6.07, 6.45) is 0. The Hall–Kier alpha value is -2.50. The number of rotatable bonds is 11. The average molecular weight is 649 g/mol. The molecular formula is C28H29BrClN4O3S2-. The topological polar surface area (TPSA) is 85.2 Å². The van der Waals surface area contributed by atoms with E-state index in [1.807, 2.05) is 61.7 Å². The second-order valence-corrected chi connectivity index (χ2v) is 11.9. The van der Waals surface area contributed by atoms with Crippen LogP contribution in [0.5, 0.6) is 0 Å². The van der Waals surface area contributed by atoms with Crippen LogP contribution >= 0.6 is 23.4 Å². The first-order valence-corrected chi connectivity index (χ1v) is 15.1. The molecule has 4 rings (SSSR count). The molecular weight excluding hydrogens is 620 g/mol. The summed E-state index contributed by atoms with van der Waals surface area (Å²) in [5.41, 5.74) is 2.23. The lowest BCUT2D eigenvalue weighted by Gasteiger charge is -2.20. The predicted octanol–water partition coefficient (Wildman–Crippen LogP) is 3.22. The van der Waals surface area contributed by atoms with Crippen LogP contribution in [0.3, 0.4) is 0 Å². The summed E-state index contributed by atoms with van der Waals surface area (Å²) in [6.45, 7) is 6.43. The number of nitrogens with zero attached hydrogens (tertiary/aromatic N) is 4. The summed E-state index contributed by atoms with van der Waals surface area (Å²) in [5, 5.41) is 10.0. The zero-order valence-corrected chi connectivity index (χ0v) is 25.8. The van der Waals surface area contributed by atoms with Gasteiger partial charge in [0.1, 0.15) is 0 Å². The maximum atomic E-state index is 13.2. The minimum absolute atomic E-state index is 0. The van der Waals surface area contributed by atoms with Gasteiger partial charge in [-0.3, -0.25) is 9.36 Å². The van der Waals surface area contributed by atoms with Crippen molar-refractivity contribution >= 4 is 39.2 Å². The Balaban J connectivity index is 0.00000420. The fourth-order valence-electron chi connectivity index (χ4n) is 4.16. The SMILES string of the molecule is CCN(CC)S(=O)(=O)c1cccc(-c2nnc(SCC(=O)c3ccc(Cl)cc3)n2C(C)c2ccccc2)c1.[Br-]. The van der Waals surface area contributed by atoms with Crippen molar-refractivity contribution in [2.75, 3.05) is 18.8 Å². The van der Waals surface area contributed by atoms with E-state index in [9.17, 15) is 13.2 Å². The molecule has 0 spiro atoms. The van der Waals surface area contributed by atoms with E-state index >= 15 is 0 Å². The molecule has 0 saturated heterocycles. The lowest BCUT2D eigenvalue weighted by atomic mass is 10.1. The Morgan fingerprint density at radius 1 is 0.974 bits per heavy atom. The molecule has 0 saturated carbocycles. The number of hydrogen-bond donors (Lipinski definition) is 0. The number of halogens is 2. The number of sulfonamides is 1. The summed E-state index contributed by atoms with van der Waals surface area (Å²) in [4.78, 5) is 13.0. The molecule has 1 atom stereocenters. The molecule has 7 nitrogen and oxygen atoms in total. The van der Waals surface area contributed by atoms with Crippen LogP contribution in [-0.4, -0.2) is 52.1 Å². The van der Waals surface area contributed by atoms with E-state index in [0.717, 1.165) is 5.56 Å². The fourth-order valence-corrected chi connectivity index (χ4v) is 6.70. The third-order valence-electron chi connectivity index (χ3n) is 6.27. The number of carbonyl (C=O) groups excluding carboxylic acids is 1. The molecule has 0 radical (unpaired) electrons. The number of carbonyl (C=O) groups is 1. The lowest BCUT2D eigenvalue weighted by molar-refractivity contribution is -0.0000180. The molecule has 39 heavy (non-hydrogen) atoms. The molecule has 1 unspecified atom stereocenters. The zero-order chi connectivity index (χ0) is 27.3. The van der Waals surface area contributed by atoms with Gasteiger partial charge in [-0.15, -0.1) is 10.2 Å². The minimum Gasteiger partial charge on any atom is -1.00 e. The zero-order valence-electron chi connectivity index (χ0n) is 21.8. The number of ketones is 1. The Morgan fingerprint density at radius 3 is 2.28 bits per heavy atom. The van der Waals surface area contributed by atoms with Crippen molar-refractivity contribution in [3.8, 4) is 11.4 Å². The van der Waals surface area contributed by atoms with Gasteiger partial charge in [-0.05, 0) is 48.9 Å². The number of thioether (sulfide) groups is 1. The van der Waals surface area contributed by atoms with Gasteiger partial charge in [-0.2, -0.15) is 4.31 Å². The molecule has 0 amide bonds. The maximum Gasteiger partial charge on any atom is 0.243 e. The summed E-state index contributed by atoms with van der Waals surface area (Å²) in [5.74, 6) is 0.638. The van der Waals surface area contributed by atoms with Gasteiger partial charge in [0, 0.05) is 29.2 Å². The third-order valence-corrected chi connectivity index (χ3v) is 9.51. The second kappa shape index (κ2) is 13.7. The van der Waals surface area contributed by atoms with Crippen LogP contribution in [0.4, 0.5) is 0 Å². The Kier molecular flexibility index (Phi) is 10.9. The van der Waals surface area contributed by atoms with Gasteiger partial charge < -0.3 is 17.0 Å². The van der Waals surface area contributed by atoms with E-state index < -0.39 is 10.0 Å². The Labute approximate surface area is 249 Å². The van der Waals surface area contributed by atoms with Crippen molar-refractivity contribution in [3.05, 3.63) is 95.0 Å². The maximum absolute atomic E-state index is 13.2. The van der Waals surface area contributed by atoms with E-state index in [-0.39, 0.29) is 39.5 Å². The van der Waals surface area contributed by atoms with Crippen molar-refractivity contribution in [1.82, 2.24) is 19.1 Å². The number of hydrogen-bond acceptors (Lipinski definition) is 6. The summed E-state index contributed by atoms with van der Waals surface area (Å²) in [7, 11) is -3.65. The third kappa shape index (κ3) is 6.99. The van der Waals surface area contributed by atoms with Crippen LogP contribution in [0.2, 0.25) is 5.02 Å². The molecule has 11 heteroatoms. The van der Waals surface area contributed by atoms with Crippen LogP contribution in [0.15, 0.2) is 88.9 Å². The standard InChI is InChI=1S/C28H29ClN4O3S2.BrH/c1-4-32(5-2)38(35,36)25-13-9-12-23(18-25)27-30-31-28(33(27)20(3)21-10-7-6-8-11-21)37-19-26(34)22-14-16-24(29)17-15-22;/h6-18,20H,4-5,19H2,1-3H3;1H/p-1. The highest BCUT2D eigenvalue weighted by atomic mass is 79.9. The molecule has 0 bridgehead atoms. The Bertz CT molecular complexity index is 1510. The molecule has 0 fully saturated rings. The van der Waals surface area contributed by atoms with Crippen LogP contribution in [0.25, 0.3) is 11.4 Å². The van der Waals surface area contributed by atoms with Gasteiger partial charge >= 0.3 is 0 Å². The number of aromatic nitrogens is 3. The lowest BCUT2D eigenvalue weighted by Crippen LogP contribution is -3.00. The normalized spacial score (nSPS) is 12.2. The van der Waals surface area contributed by atoms with Crippen molar-refractivity contribution in [1.29, 1.82) is 0 Å². The fraction of sp³-hybridized carbons (Fsp3) is 0.250. The van der Waals surface area contributed by atoms with Crippen molar-refractivity contribution in [2.45, 2.75) is 36.9 Å². The summed E-state index contributed by atoms with van der Waals surface area (Å²) in [6, 6.07) is 23.3. The molecule has 0 N–H and O–H groups in total. The van der Waals surface area contributed by atoms with Crippen molar-refractivity contribution in [2.24, 2.45) is 0 Å². The van der Waals surface area contributed by atoms with Gasteiger partial charge in [0.25, 0.3) is 0 Å². The Morgan fingerprint density at radius 2 is 1.64 bits per heavy atom. The molecule has 0 aliphatic carbocycles. The van der Waals surface area contributed by atoms with E-state index in [2.05, 4.69) is 10.2 Å². The summed E-state index contributed by atoms with van der Waals surface area (Å²) >= 11 is 7.25. The minimum atomic E-state index is -3.65. The highest BCUT2D eigenvalue weighted by molar-refractivity contribution is 7.99. The summed E-state index contributed by atoms with van der Waals surface area (Å²) < 4.78 is 29.8. The van der Waals surface area contributed by atoms with E-state index in [1.165, 1.54) is 16.1 Å². The van der Waals surface area contributed by atoms with Gasteiger partial charge in [0.15, 0.2) is 16.8 Å². The van der Waals surface area contributed by atoms with Crippen LogP contribution in [0, 0.1) is 0 Å². The number of Topliss-reactive ketones (excluding diaryl/α,β-unsaturated/α-hetero) is 1. The van der Waals surface area contributed by atoms with Crippen molar-refractivity contribution < 1.29 is 30.2 Å². The van der Waals surface area contributed by atoms with E-state index in [1.54, 1.807) is 42.5 Å². The smallest absolute Gasteiger partial charge is 0.243 e.